The number of hydrogen-bond donors (Lipinski definition) is 3. The first-order valence-electron chi connectivity index (χ1n) is 15.4. The van der Waals surface area contributed by atoms with Crippen molar-refractivity contribution in [3.05, 3.63) is 92.3 Å². The number of piperidine rings is 1. The van der Waals surface area contributed by atoms with Crippen LogP contribution in [0, 0.1) is 6.92 Å². The molecule has 3 amide bonds. The summed E-state index contributed by atoms with van der Waals surface area (Å²) < 4.78 is 13.5. The van der Waals surface area contributed by atoms with Gasteiger partial charge in [-0.2, -0.15) is 0 Å². The summed E-state index contributed by atoms with van der Waals surface area (Å²) in [5, 5.41) is 12.4. The predicted octanol–water partition coefficient (Wildman–Crippen LogP) is 1.10. The Morgan fingerprint density at radius 2 is 1.83 bits per heavy atom. The number of aryl methyl sites for hydroxylation is 2. The number of aromatic nitrogens is 2. The number of aromatic amines is 1. The number of ether oxygens (including phenoxy) is 2. The lowest BCUT2D eigenvalue weighted by Gasteiger charge is -2.39. The van der Waals surface area contributed by atoms with E-state index in [0.29, 0.717) is 42.9 Å². The number of amides is 3. The fourth-order valence-corrected chi connectivity index (χ4v) is 5.63. The van der Waals surface area contributed by atoms with Crippen molar-refractivity contribution in [2.45, 2.75) is 57.9 Å². The molecule has 4 heterocycles. The molecule has 6 rings (SSSR count). The zero-order valence-corrected chi connectivity index (χ0v) is 25.8. The number of nitrogens with one attached hydrogen (secondary N) is 2. The summed E-state index contributed by atoms with van der Waals surface area (Å²) in [7, 11) is 0. The number of likely N-dealkylation sites (tertiary alicyclic amines) is 1. The van der Waals surface area contributed by atoms with Gasteiger partial charge in [-0.3, -0.25) is 28.7 Å². The van der Waals surface area contributed by atoms with Gasteiger partial charge in [0.05, 0.1) is 25.3 Å². The summed E-state index contributed by atoms with van der Waals surface area (Å²) in [4.78, 5) is 69.2. The fourth-order valence-electron chi connectivity index (χ4n) is 5.63. The van der Waals surface area contributed by atoms with E-state index in [2.05, 4.69) is 10.3 Å². The molecule has 244 valence electrons. The maximum absolute atomic E-state index is 13.4. The maximum Gasteiger partial charge on any atom is 0.328 e. The number of H-pyrrole nitrogens is 1. The largest absolute Gasteiger partial charge is 0.457 e. The SMILES string of the molecule is Cc1cn(CC(=O)N2CC[C@@H]3OCc4cccc(c4)Oc4ccc(cc4)CCC(=O)N(CCCO)CC(=O)N[C@H]3C2)c(=O)[nH]c1=O. The number of nitrogens with zero attached hydrogens (tertiary/aromatic N) is 3. The number of fused-ring (bicyclic) bond motifs is 9. The second-order valence-electron chi connectivity index (χ2n) is 11.6. The van der Waals surface area contributed by atoms with Gasteiger partial charge < -0.3 is 29.7 Å². The molecule has 2 atom stereocenters. The van der Waals surface area contributed by atoms with Crippen molar-refractivity contribution in [2.24, 2.45) is 0 Å². The van der Waals surface area contributed by atoms with E-state index in [9.17, 15) is 29.1 Å². The summed E-state index contributed by atoms with van der Waals surface area (Å²) in [6.07, 6.45) is 2.28. The van der Waals surface area contributed by atoms with E-state index < -0.39 is 29.3 Å². The summed E-state index contributed by atoms with van der Waals surface area (Å²) >= 11 is 0. The predicted molar refractivity (Wildman–Crippen MR) is 167 cm³/mol. The molecular formula is C33H39N5O8. The van der Waals surface area contributed by atoms with Gasteiger partial charge in [-0.1, -0.05) is 24.3 Å². The van der Waals surface area contributed by atoms with Crippen LogP contribution >= 0.6 is 0 Å². The van der Waals surface area contributed by atoms with Crippen molar-refractivity contribution in [3.63, 3.8) is 0 Å². The molecule has 1 aromatic heterocycles. The number of rotatable bonds is 5. The lowest BCUT2D eigenvalue weighted by molar-refractivity contribution is -0.139. The van der Waals surface area contributed by atoms with Crippen LogP contribution in [0.2, 0.25) is 0 Å². The zero-order valence-electron chi connectivity index (χ0n) is 25.8. The Kier molecular flexibility index (Phi) is 10.7. The van der Waals surface area contributed by atoms with Gasteiger partial charge in [0.15, 0.2) is 0 Å². The smallest absolute Gasteiger partial charge is 0.328 e. The third-order valence-corrected chi connectivity index (χ3v) is 8.17. The van der Waals surface area contributed by atoms with Crippen LogP contribution in [0.15, 0.2) is 64.3 Å². The van der Waals surface area contributed by atoms with Crippen molar-refractivity contribution in [1.29, 1.82) is 0 Å². The van der Waals surface area contributed by atoms with Crippen LogP contribution in [0.1, 0.15) is 36.0 Å². The van der Waals surface area contributed by atoms with E-state index >= 15 is 0 Å². The minimum absolute atomic E-state index is 0.119. The average Bonchev–Trinajstić information content (AvgIpc) is 3.04. The Balaban J connectivity index is 1.37. The molecule has 3 aromatic rings. The highest BCUT2D eigenvalue weighted by Crippen LogP contribution is 2.25. The zero-order chi connectivity index (χ0) is 32.6. The highest BCUT2D eigenvalue weighted by Gasteiger charge is 2.34. The van der Waals surface area contributed by atoms with Crippen molar-refractivity contribution in [1.82, 2.24) is 24.7 Å². The molecule has 1 fully saturated rings. The third-order valence-electron chi connectivity index (χ3n) is 8.17. The minimum Gasteiger partial charge on any atom is -0.457 e. The van der Waals surface area contributed by atoms with E-state index in [0.717, 1.165) is 15.7 Å². The third kappa shape index (κ3) is 8.49. The molecule has 13 nitrogen and oxygen atoms in total. The first kappa shape index (κ1) is 32.6. The standard InChI is InChI=1S/C33H39N5O8/c1-22-17-38(33(44)35-32(22)43)20-31(42)37-14-12-28-27(18-37)34-29(40)19-36(13-3-15-39)30(41)11-8-23-6-9-25(10-7-23)46-26-5-2-4-24(16-26)21-45-28/h2,4-7,9-10,16-17,27-28,39H,3,8,11-15,18-21H2,1H3,(H,34,40)(H,35,43,44)/t27-,28-/m0/s1. The average molecular weight is 634 g/mol. The Morgan fingerprint density at radius 1 is 1.02 bits per heavy atom. The Bertz CT molecular complexity index is 1670. The van der Waals surface area contributed by atoms with Crippen molar-refractivity contribution < 1.29 is 29.0 Å². The van der Waals surface area contributed by atoms with Crippen LogP contribution < -0.4 is 21.3 Å². The van der Waals surface area contributed by atoms with Crippen LogP contribution in [0.25, 0.3) is 0 Å². The van der Waals surface area contributed by atoms with Crippen LogP contribution in [-0.4, -0.2) is 87.1 Å². The number of aliphatic hydroxyl groups is 1. The molecule has 0 radical (unpaired) electrons. The molecular weight excluding hydrogens is 594 g/mol. The maximum atomic E-state index is 13.4. The second kappa shape index (κ2) is 15.0. The number of carbonyl (C=O) groups excluding carboxylic acids is 3. The van der Waals surface area contributed by atoms with Gasteiger partial charge in [-0.05, 0) is 61.6 Å². The van der Waals surface area contributed by atoms with Gasteiger partial charge >= 0.3 is 5.69 Å². The molecule has 3 aliphatic rings. The summed E-state index contributed by atoms with van der Waals surface area (Å²) in [6, 6.07) is 14.4. The molecule has 0 unspecified atom stereocenters. The van der Waals surface area contributed by atoms with Gasteiger partial charge in [0.2, 0.25) is 17.7 Å². The molecule has 3 N–H and O–H groups in total. The van der Waals surface area contributed by atoms with E-state index in [1.165, 1.54) is 11.1 Å². The molecule has 1 saturated heterocycles. The second-order valence-corrected chi connectivity index (χ2v) is 11.6. The Labute approximate surface area is 265 Å². The van der Waals surface area contributed by atoms with E-state index in [4.69, 9.17) is 9.47 Å². The number of aliphatic hydroxyl groups excluding tert-OH is 1. The fraction of sp³-hybridized carbons (Fsp3) is 0.424. The number of carbonyl (C=O) groups is 3. The Hall–Kier alpha value is -4.75. The molecule has 3 aliphatic heterocycles. The normalized spacial score (nSPS) is 19.3. The molecule has 46 heavy (non-hydrogen) atoms. The van der Waals surface area contributed by atoms with Gasteiger partial charge in [0.25, 0.3) is 5.56 Å². The first-order chi connectivity index (χ1) is 22.2. The van der Waals surface area contributed by atoms with Crippen LogP contribution in [-0.2, 0) is 38.7 Å². The van der Waals surface area contributed by atoms with E-state index in [-0.39, 0.29) is 57.6 Å². The highest BCUT2D eigenvalue weighted by molar-refractivity contribution is 5.85. The van der Waals surface area contributed by atoms with Gasteiger partial charge in [0.1, 0.15) is 18.0 Å². The quantitative estimate of drug-likeness (QED) is 0.376. The molecule has 0 saturated carbocycles. The molecule has 13 heteroatoms. The van der Waals surface area contributed by atoms with E-state index in [1.807, 2.05) is 48.5 Å². The van der Waals surface area contributed by atoms with Gasteiger partial charge in [-0.25, -0.2) is 4.79 Å². The van der Waals surface area contributed by atoms with E-state index in [1.54, 1.807) is 11.8 Å². The highest BCUT2D eigenvalue weighted by atomic mass is 16.5. The topological polar surface area (TPSA) is 163 Å². The van der Waals surface area contributed by atoms with Crippen LogP contribution in [0.5, 0.6) is 11.5 Å². The summed E-state index contributed by atoms with van der Waals surface area (Å²) in [5.74, 6) is 0.312. The lowest BCUT2D eigenvalue weighted by Crippen LogP contribution is -2.59. The molecule has 2 aromatic carbocycles. The van der Waals surface area contributed by atoms with Gasteiger partial charge in [0, 0.05) is 44.4 Å². The lowest BCUT2D eigenvalue weighted by atomic mass is 10.0. The summed E-state index contributed by atoms with van der Waals surface area (Å²) in [6.45, 7) is 1.83. The number of benzene rings is 2. The molecule has 4 bridgehead atoms. The van der Waals surface area contributed by atoms with Crippen LogP contribution in [0.4, 0.5) is 0 Å². The molecule has 0 spiro atoms. The Morgan fingerprint density at radius 3 is 2.61 bits per heavy atom. The van der Waals surface area contributed by atoms with Crippen LogP contribution in [0.3, 0.4) is 0 Å². The van der Waals surface area contributed by atoms with Crippen molar-refractivity contribution >= 4 is 17.7 Å². The molecule has 0 aliphatic carbocycles. The van der Waals surface area contributed by atoms with Gasteiger partial charge in [-0.15, -0.1) is 0 Å². The number of hydrogen-bond acceptors (Lipinski definition) is 8. The minimum atomic E-state index is -0.683. The summed E-state index contributed by atoms with van der Waals surface area (Å²) in [5.41, 5.74) is 0.922. The van der Waals surface area contributed by atoms with Crippen molar-refractivity contribution in [3.8, 4) is 11.5 Å². The van der Waals surface area contributed by atoms with Crippen molar-refractivity contribution in [2.75, 3.05) is 32.8 Å². The first-order valence-corrected chi connectivity index (χ1v) is 15.4. The monoisotopic (exact) mass is 633 g/mol.